The number of halogens is 1. The number of nitrogens with one attached hydrogen (secondary N) is 1. The van der Waals surface area contributed by atoms with Crippen LogP contribution < -0.4 is 5.48 Å². The molecule has 17 heavy (non-hydrogen) atoms. The Morgan fingerprint density at radius 2 is 1.88 bits per heavy atom. The average Bonchev–Trinajstić information content (AvgIpc) is 2.12. The number of aliphatic carboxylic acids is 1. The number of rotatable bonds is 5. The molecular weight excluding hydrogens is 237 g/mol. The highest BCUT2D eigenvalue weighted by molar-refractivity contribution is 5.76. The molecule has 1 atom stereocenters. The molecule has 8 heteroatoms. The molecule has 1 unspecified atom stereocenters. The van der Waals surface area contributed by atoms with Gasteiger partial charge in [0.15, 0.2) is 0 Å². The second kappa shape index (κ2) is 5.78. The lowest BCUT2D eigenvalue weighted by Gasteiger charge is -2.22. The molecule has 0 saturated heterocycles. The first-order valence-corrected chi connectivity index (χ1v) is 4.69. The highest BCUT2D eigenvalue weighted by Crippen LogP contribution is 2.13. The molecule has 0 aromatic rings. The zero-order chi connectivity index (χ0) is 13.7. The number of hydrogen-bond acceptors (Lipinski definition) is 5. The normalized spacial score (nSPS) is 14.9. The van der Waals surface area contributed by atoms with Gasteiger partial charge in [-0.15, -0.1) is 0 Å². The van der Waals surface area contributed by atoms with Gasteiger partial charge in [0.1, 0.15) is 12.2 Å². The van der Waals surface area contributed by atoms with Crippen LogP contribution in [0.2, 0.25) is 0 Å². The smallest absolute Gasteiger partial charge is 0.431 e. The molecule has 2 N–H and O–H groups in total. The van der Waals surface area contributed by atoms with Crippen molar-refractivity contribution in [2.45, 2.75) is 32.2 Å². The van der Waals surface area contributed by atoms with Gasteiger partial charge in [0, 0.05) is 7.11 Å². The number of carboxylic acids is 1. The van der Waals surface area contributed by atoms with Gasteiger partial charge in [-0.25, -0.2) is 14.4 Å². The van der Waals surface area contributed by atoms with Crippen molar-refractivity contribution in [3.63, 3.8) is 0 Å². The zero-order valence-corrected chi connectivity index (χ0v) is 10.1. The summed E-state index contributed by atoms with van der Waals surface area (Å²) in [5.41, 5.74) is 0.740. The van der Waals surface area contributed by atoms with E-state index in [1.54, 1.807) is 26.3 Å². The number of methoxy groups -OCH3 is 1. The van der Waals surface area contributed by atoms with Gasteiger partial charge in [-0.2, -0.15) is 9.87 Å². The van der Waals surface area contributed by atoms with Crippen LogP contribution in [0.4, 0.5) is 9.18 Å². The molecule has 0 radical (unpaired) electrons. The number of carbonyl (C=O) groups is 2. The predicted molar refractivity (Wildman–Crippen MR) is 53.8 cm³/mol. The lowest BCUT2D eigenvalue weighted by atomic mass is 10.2. The molecule has 0 aliphatic rings. The van der Waals surface area contributed by atoms with Crippen LogP contribution in [0.15, 0.2) is 0 Å². The highest BCUT2D eigenvalue weighted by Gasteiger charge is 2.42. The largest absolute Gasteiger partial charge is 0.477 e. The van der Waals surface area contributed by atoms with Crippen molar-refractivity contribution in [3.05, 3.63) is 0 Å². The maximum absolute atomic E-state index is 13.5. The summed E-state index contributed by atoms with van der Waals surface area (Å²) in [4.78, 5) is 25.7. The second-order valence-electron chi connectivity index (χ2n) is 4.17. The summed E-state index contributed by atoms with van der Waals surface area (Å²) in [6.45, 7) is 3.88. The molecule has 0 aliphatic heterocycles. The van der Waals surface area contributed by atoms with Gasteiger partial charge in [-0.1, -0.05) is 0 Å². The molecule has 1 amide bonds. The van der Waals surface area contributed by atoms with Crippen molar-refractivity contribution in [1.82, 2.24) is 5.48 Å². The fraction of sp³-hybridized carbons (Fsp3) is 0.778. The van der Waals surface area contributed by atoms with E-state index in [9.17, 15) is 14.0 Å². The van der Waals surface area contributed by atoms with Crippen LogP contribution in [0.3, 0.4) is 0 Å². The van der Waals surface area contributed by atoms with Crippen LogP contribution in [0, 0.1) is 0 Å². The van der Waals surface area contributed by atoms with Gasteiger partial charge in [-0.05, 0) is 20.8 Å². The Bertz CT molecular complexity index is 290. The van der Waals surface area contributed by atoms with E-state index in [1.807, 2.05) is 0 Å². The lowest BCUT2D eigenvalue weighted by Crippen LogP contribution is -2.47. The van der Waals surface area contributed by atoms with Crippen LogP contribution in [-0.4, -0.2) is 42.3 Å². The third-order valence-corrected chi connectivity index (χ3v) is 1.34. The summed E-state index contributed by atoms with van der Waals surface area (Å²) < 4.78 is 22.5. The number of amides is 1. The number of carboxylic acid groups (broad SMARTS) is 1. The highest BCUT2D eigenvalue weighted by atomic mass is 19.2. The van der Waals surface area contributed by atoms with Crippen molar-refractivity contribution >= 4 is 12.1 Å². The third kappa shape index (κ3) is 6.03. The van der Waals surface area contributed by atoms with E-state index in [1.165, 1.54) is 0 Å². The predicted octanol–water partition coefficient (Wildman–Crippen LogP) is 0.840. The standard InChI is InChI=1S/C9H16FNO6/c1-8(2,3)16-7(14)11-17-9(10,5-15-4)6(12)13/h5H2,1-4H3,(H,11,14)(H,12,13). The molecule has 0 spiro atoms. The molecular formula is C9H16FNO6. The zero-order valence-electron chi connectivity index (χ0n) is 10.1. The van der Waals surface area contributed by atoms with Crippen molar-refractivity contribution in [3.8, 4) is 0 Å². The number of hydrogen-bond donors (Lipinski definition) is 2. The summed E-state index contributed by atoms with van der Waals surface area (Å²) in [6.07, 6.45) is -1.10. The van der Waals surface area contributed by atoms with Crippen LogP contribution in [0.5, 0.6) is 0 Å². The van der Waals surface area contributed by atoms with E-state index in [0.717, 1.165) is 7.11 Å². The van der Waals surface area contributed by atoms with Gasteiger partial charge in [-0.3, -0.25) is 0 Å². The molecule has 0 fully saturated rings. The molecule has 0 rings (SSSR count). The van der Waals surface area contributed by atoms with Crippen molar-refractivity contribution in [1.29, 1.82) is 0 Å². The lowest BCUT2D eigenvalue weighted by molar-refractivity contribution is -0.224. The minimum Gasteiger partial charge on any atom is -0.477 e. The number of carbonyl (C=O) groups excluding carboxylic acids is 1. The summed E-state index contributed by atoms with van der Waals surface area (Å²) in [6, 6.07) is 0. The summed E-state index contributed by atoms with van der Waals surface area (Å²) >= 11 is 0. The molecule has 0 bridgehead atoms. The number of alkyl halides is 1. The minimum atomic E-state index is -3.16. The topological polar surface area (TPSA) is 94.1 Å². The van der Waals surface area contributed by atoms with E-state index in [-0.39, 0.29) is 0 Å². The Morgan fingerprint density at radius 3 is 2.24 bits per heavy atom. The molecule has 0 aliphatic carbocycles. The van der Waals surface area contributed by atoms with Crippen molar-refractivity contribution in [2.75, 3.05) is 13.7 Å². The molecule has 0 aromatic heterocycles. The van der Waals surface area contributed by atoms with Crippen LogP contribution in [-0.2, 0) is 19.1 Å². The Balaban J connectivity index is 4.33. The van der Waals surface area contributed by atoms with Gasteiger partial charge in [0.25, 0.3) is 0 Å². The monoisotopic (exact) mass is 253 g/mol. The Kier molecular flexibility index (Phi) is 5.30. The van der Waals surface area contributed by atoms with Gasteiger partial charge in [0.05, 0.1) is 0 Å². The average molecular weight is 253 g/mol. The van der Waals surface area contributed by atoms with Crippen LogP contribution in [0.25, 0.3) is 0 Å². The van der Waals surface area contributed by atoms with Crippen molar-refractivity contribution < 1.29 is 33.4 Å². The SMILES string of the molecule is COCC(F)(ONC(=O)OC(C)(C)C)C(=O)O. The quantitative estimate of drug-likeness (QED) is 0.705. The maximum atomic E-state index is 13.5. The van der Waals surface area contributed by atoms with Crippen LogP contribution >= 0.6 is 0 Å². The first-order chi connectivity index (χ1) is 7.60. The van der Waals surface area contributed by atoms with Crippen LogP contribution in [0.1, 0.15) is 20.8 Å². The Labute approximate surface area is 97.8 Å². The Morgan fingerprint density at radius 1 is 1.35 bits per heavy atom. The second-order valence-corrected chi connectivity index (χ2v) is 4.17. The van der Waals surface area contributed by atoms with E-state index in [0.29, 0.717) is 0 Å². The Hall–Kier alpha value is -1.41. The molecule has 0 saturated carbocycles. The minimum absolute atomic E-state index is 0.809. The summed E-state index contributed by atoms with van der Waals surface area (Å²) in [5, 5.41) is 8.54. The summed E-state index contributed by atoms with van der Waals surface area (Å²) in [5.74, 6) is -5.08. The summed E-state index contributed by atoms with van der Waals surface area (Å²) in [7, 11) is 1.09. The first kappa shape index (κ1) is 15.6. The van der Waals surface area contributed by atoms with Gasteiger partial charge in [0.2, 0.25) is 0 Å². The van der Waals surface area contributed by atoms with Gasteiger partial charge < -0.3 is 14.6 Å². The maximum Gasteiger partial charge on any atom is 0.431 e. The van der Waals surface area contributed by atoms with Gasteiger partial charge >= 0.3 is 17.9 Å². The third-order valence-electron chi connectivity index (χ3n) is 1.34. The fourth-order valence-corrected chi connectivity index (χ4v) is 0.742. The van der Waals surface area contributed by atoms with E-state index >= 15 is 0 Å². The number of hydroxylamine groups is 1. The van der Waals surface area contributed by atoms with E-state index in [4.69, 9.17) is 9.84 Å². The number of ether oxygens (including phenoxy) is 2. The van der Waals surface area contributed by atoms with Crippen molar-refractivity contribution in [2.24, 2.45) is 0 Å². The van der Waals surface area contributed by atoms with E-state index in [2.05, 4.69) is 9.57 Å². The fourth-order valence-electron chi connectivity index (χ4n) is 0.742. The molecule has 7 nitrogen and oxygen atoms in total. The molecule has 0 aromatic carbocycles. The molecule has 0 heterocycles. The molecule has 100 valence electrons. The first-order valence-electron chi connectivity index (χ1n) is 4.69. The van der Waals surface area contributed by atoms with E-state index < -0.39 is 30.1 Å².